The number of aliphatic hydroxyl groups is 1. The van der Waals surface area contributed by atoms with Crippen LogP contribution >= 0.6 is 11.6 Å². The summed E-state index contributed by atoms with van der Waals surface area (Å²) in [4.78, 5) is 22.5. The van der Waals surface area contributed by atoms with Crippen molar-refractivity contribution in [2.24, 2.45) is 0 Å². The van der Waals surface area contributed by atoms with Gasteiger partial charge in [0.25, 0.3) is 0 Å². The largest absolute Gasteiger partial charge is 0.392 e. The number of halogens is 1. The van der Waals surface area contributed by atoms with Gasteiger partial charge in [0.15, 0.2) is 11.6 Å². The van der Waals surface area contributed by atoms with Gasteiger partial charge in [-0.1, -0.05) is 50.2 Å². The third-order valence-corrected chi connectivity index (χ3v) is 4.61. The lowest BCUT2D eigenvalue weighted by Gasteiger charge is -2.08. The Bertz CT molecular complexity index is 700. The molecule has 0 heterocycles. The molecule has 0 radical (unpaired) electrons. The first-order valence-electron chi connectivity index (χ1n) is 8.81. The minimum absolute atomic E-state index is 0.00426. The monoisotopic (exact) mass is 374 g/mol. The van der Waals surface area contributed by atoms with Gasteiger partial charge in [0.1, 0.15) is 0 Å². The Kier molecular flexibility index (Phi) is 9.25. The van der Waals surface area contributed by atoms with Crippen LogP contribution in [0.4, 0.5) is 0 Å². The molecular weight excluding hydrogens is 348 g/mol. The summed E-state index contributed by atoms with van der Waals surface area (Å²) >= 11 is 5.78. The minimum Gasteiger partial charge on any atom is -0.392 e. The first-order chi connectivity index (χ1) is 12.4. The standard InChI is InChI=1S/C11H13ClO.C11H14O2/c2*1-3-10-9(7-12)5-4-6-11(10)8(2)13/h4-6H,3,7H2,1-2H3;4-6,12H,3,7H2,1-2H3. The summed E-state index contributed by atoms with van der Waals surface area (Å²) < 4.78 is 0. The van der Waals surface area contributed by atoms with E-state index in [1.54, 1.807) is 26.0 Å². The minimum atomic E-state index is 0.00426. The highest BCUT2D eigenvalue weighted by molar-refractivity contribution is 6.17. The molecule has 3 nitrogen and oxygen atoms in total. The Morgan fingerprint density at radius 2 is 1.27 bits per heavy atom. The number of Topliss-reactive ketones (excluding diaryl/α,β-unsaturated/α-hetero) is 2. The van der Waals surface area contributed by atoms with Crippen LogP contribution in [-0.2, 0) is 25.3 Å². The van der Waals surface area contributed by atoms with Crippen LogP contribution in [0.3, 0.4) is 0 Å². The molecule has 140 valence electrons. The van der Waals surface area contributed by atoms with Crippen LogP contribution in [0.5, 0.6) is 0 Å². The van der Waals surface area contributed by atoms with E-state index < -0.39 is 0 Å². The lowest BCUT2D eigenvalue weighted by molar-refractivity contribution is 0.100. The molecule has 2 aromatic carbocycles. The molecule has 0 fully saturated rings. The van der Waals surface area contributed by atoms with E-state index in [4.69, 9.17) is 16.7 Å². The highest BCUT2D eigenvalue weighted by atomic mass is 35.5. The molecule has 0 saturated carbocycles. The Balaban J connectivity index is 0.000000260. The highest BCUT2D eigenvalue weighted by Crippen LogP contribution is 2.18. The lowest BCUT2D eigenvalue weighted by Crippen LogP contribution is -2.02. The average molecular weight is 375 g/mol. The Morgan fingerprint density at radius 3 is 1.62 bits per heavy atom. The Labute approximate surface area is 161 Å². The van der Waals surface area contributed by atoms with E-state index >= 15 is 0 Å². The van der Waals surface area contributed by atoms with E-state index in [0.717, 1.165) is 46.2 Å². The van der Waals surface area contributed by atoms with E-state index in [1.165, 1.54) is 0 Å². The molecule has 0 spiro atoms. The first kappa shape index (κ1) is 22.1. The number of ketones is 2. The van der Waals surface area contributed by atoms with E-state index in [9.17, 15) is 9.59 Å². The molecule has 0 aliphatic rings. The number of hydrogen-bond acceptors (Lipinski definition) is 3. The molecule has 0 aliphatic heterocycles. The third-order valence-electron chi connectivity index (χ3n) is 4.33. The molecule has 0 atom stereocenters. The van der Waals surface area contributed by atoms with Crippen LogP contribution < -0.4 is 0 Å². The zero-order valence-electron chi connectivity index (χ0n) is 15.9. The van der Waals surface area contributed by atoms with Crippen molar-refractivity contribution >= 4 is 23.2 Å². The van der Waals surface area contributed by atoms with Crippen molar-refractivity contribution in [3.8, 4) is 0 Å². The summed E-state index contributed by atoms with van der Waals surface area (Å²) in [5.74, 6) is 0.653. The number of carbonyl (C=O) groups is 2. The quantitative estimate of drug-likeness (QED) is 0.563. The van der Waals surface area contributed by atoms with Crippen molar-refractivity contribution in [2.75, 3.05) is 0 Å². The second-order valence-corrected chi connectivity index (χ2v) is 6.26. The predicted molar refractivity (Wildman–Crippen MR) is 107 cm³/mol. The fourth-order valence-corrected chi connectivity index (χ4v) is 3.29. The number of hydrogen-bond donors (Lipinski definition) is 1. The SMILES string of the molecule is CCc1c(CCl)cccc1C(C)=O.CCc1c(CO)cccc1C(C)=O. The van der Waals surface area contributed by atoms with Gasteiger partial charge in [-0.05, 0) is 48.9 Å². The molecule has 1 N–H and O–H groups in total. The summed E-state index contributed by atoms with van der Waals surface area (Å²) in [5, 5.41) is 9.04. The van der Waals surface area contributed by atoms with Crippen LogP contribution in [0.15, 0.2) is 36.4 Å². The lowest BCUT2D eigenvalue weighted by atomic mass is 9.97. The number of aliphatic hydroxyl groups excluding tert-OH is 1. The predicted octanol–water partition coefficient (Wildman–Crippen LogP) is 5.13. The van der Waals surface area contributed by atoms with Crippen LogP contribution in [0.1, 0.15) is 70.7 Å². The molecule has 0 amide bonds. The number of rotatable bonds is 6. The fraction of sp³-hybridized carbons (Fsp3) is 0.364. The maximum absolute atomic E-state index is 11.3. The summed E-state index contributed by atoms with van der Waals surface area (Å²) in [6.45, 7) is 7.17. The molecule has 4 heteroatoms. The zero-order chi connectivity index (χ0) is 19.7. The van der Waals surface area contributed by atoms with Crippen molar-refractivity contribution in [1.82, 2.24) is 0 Å². The van der Waals surface area contributed by atoms with Crippen molar-refractivity contribution in [3.05, 3.63) is 69.8 Å². The molecule has 0 aromatic heterocycles. The molecule has 2 rings (SSSR count). The molecule has 26 heavy (non-hydrogen) atoms. The van der Waals surface area contributed by atoms with Crippen molar-refractivity contribution in [3.63, 3.8) is 0 Å². The van der Waals surface area contributed by atoms with Gasteiger partial charge in [0.05, 0.1) is 6.61 Å². The molecule has 0 unspecified atom stereocenters. The van der Waals surface area contributed by atoms with Crippen LogP contribution in [-0.4, -0.2) is 16.7 Å². The van der Waals surface area contributed by atoms with Gasteiger partial charge in [-0.25, -0.2) is 0 Å². The first-order valence-corrected chi connectivity index (χ1v) is 9.34. The molecule has 0 bridgehead atoms. The van der Waals surface area contributed by atoms with Crippen molar-refractivity contribution in [2.45, 2.75) is 53.0 Å². The van der Waals surface area contributed by atoms with Gasteiger partial charge in [-0.15, -0.1) is 11.6 Å². The van der Waals surface area contributed by atoms with Crippen LogP contribution in [0, 0.1) is 0 Å². The number of alkyl halides is 1. The van der Waals surface area contributed by atoms with Crippen molar-refractivity contribution in [1.29, 1.82) is 0 Å². The Morgan fingerprint density at radius 1 is 0.846 bits per heavy atom. The summed E-state index contributed by atoms with van der Waals surface area (Å²) in [7, 11) is 0. The smallest absolute Gasteiger partial charge is 0.160 e. The summed E-state index contributed by atoms with van der Waals surface area (Å²) in [5.41, 5.74) is 5.52. The van der Waals surface area contributed by atoms with E-state index in [0.29, 0.717) is 5.88 Å². The fourth-order valence-electron chi connectivity index (χ4n) is 3.04. The topological polar surface area (TPSA) is 54.4 Å². The normalized spacial score (nSPS) is 10.1. The van der Waals surface area contributed by atoms with E-state index in [2.05, 4.69) is 0 Å². The maximum Gasteiger partial charge on any atom is 0.160 e. The van der Waals surface area contributed by atoms with Gasteiger partial charge in [0.2, 0.25) is 0 Å². The van der Waals surface area contributed by atoms with E-state index in [-0.39, 0.29) is 18.2 Å². The molecular formula is C22H27ClO3. The van der Waals surface area contributed by atoms with Gasteiger partial charge in [-0.2, -0.15) is 0 Å². The second kappa shape index (κ2) is 10.9. The third kappa shape index (κ3) is 5.52. The van der Waals surface area contributed by atoms with Gasteiger partial charge >= 0.3 is 0 Å². The number of carbonyl (C=O) groups excluding carboxylic acids is 2. The van der Waals surface area contributed by atoms with Gasteiger partial charge in [0, 0.05) is 17.0 Å². The van der Waals surface area contributed by atoms with Gasteiger partial charge < -0.3 is 5.11 Å². The Hall–Kier alpha value is -1.97. The molecule has 0 aliphatic carbocycles. The summed E-state index contributed by atoms with van der Waals surface area (Å²) in [6, 6.07) is 11.2. The second-order valence-electron chi connectivity index (χ2n) is 6.00. The molecule has 2 aromatic rings. The van der Waals surface area contributed by atoms with Crippen LogP contribution in [0.2, 0.25) is 0 Å². The van der Waals surface area contributed by atoms with E-state index in [1.807, 2.05) is 38.1 Å². The highest BCUT2D eigenvalue weighted by Gasteiger charge is 2.09. The zero-order valence-corrected chi connectivity index (χ0v) is 16.7. The maximum atomic E-state index is 11.3. The van der Waals surface area contributed by atoms with Gasteiger partial charge in [-0.3, -0.25) is 9.59 Å². The number of benzene rings is 2. The van der Waals surface area contributed by atoms with Crippen molar-refractivity contribution < 1.29 is 14.7 Å². The van der Waals surface area contributed by atoms with Crippen LogP contribution in [0.25, 0.3) is 0 Å². The summed E-state index contributed by atoms with van der Waals surface area (Å²) in [6.07, 6.45) is 1.64. The molecule has 0 saturated heterocycles. The average Bonchev–Trinajstić information content (AvgIpc) is 2.66.